The molecule has 0 N–H and O–H groups in total. The van der Waals surface area contributed by atoms with Crippen molar-refractivity contribution in [3.8, 4) is 0 Å². The topological polar surface area (TPSA) is 15.7 Å². The maximum Gasteiger partial charge on any atom is 0.0594 e. The summed E-state index contributed by atoms with van der Waals surface area (Å²) in [4.78, 5) is 4.98. The summed E-state index contributed by atoms with van der Waals surface area (Å²) in [6.07, 6.45) is 5.30. The summed E-state index contributed by atoms with van der Waals surface area (Å²) in [5.74, 6) is 0. The second-order valence-electron chi connectivity index (χ2n) is 5.16. The van der Waals surface area contributed by atoms with E-state index in [9.17, 15) is 0 Å². The minimum atomic E-state index is 0.484. The molecule has 2 atom stereocenters. The van der Waals surface area contributed by atoms with E-state index < -0.39 is 0 Å². The van der Waals surface area contributed by atoms with Crippen molar-refractivity contribution in [1.29, 1.82) is 0 Å². The molecule has 0 aromatic carbocycles. The van der Waals surface area contributed by atoms with E-state index in [1.807, 2.05) is 0 Å². The quantitative estimate of drug-likeness (QED) is 0.719. The van der Waals surface area contributed by atoms with E-state index in [-0.39, 0.29) is 0 Å². The van der Waals surface area contributed by atoms with Crippen molar-refractivity contribution in [1.82, 2.24) is 9.80 Å². The number of ether oxygens (including phenoxy) is 1. The molecule has 0 aromatic heterocycles. The van der Waals surface area contributed by atoms with Gasteiger partial charge in [-0.3, -0.25) is 4.90 Å². The summed E-state index contributed by atoms with van der Waals surface area (Å²) in [6, 6.07) is 1.29. The molecule has 2 saturated heterocycles. The molecule has 2 heterocycles. The Hall–Kier alpha value is -0.120. The van der Waals surface area contributed by atoms with Gasteiger partial charge in [-0.2, -0.15) is 0 Å². The number of morpholine rings is 1. The first-order valence-corrected chi connectivity index (χ1v) is 6.62. The average molecular weight is 225 g/mol. The van der Waals surface area contributed by atoms with Crippen molar-refractivity contribution in [3.05, 3.63) is 6.92 Å². The molecule has 2 aliphatic rings. The molecular weight excluding hydrogens is 200 g/mol. The predicted molar refractivity (Wildman–Crippen MR) is 66.4 cm³/mol. The van der Waals surface area contributed by atoms with Gasteiger partial charge in [0.1, 0.15) is 0 Å². The standard InChI is InChI=1S/C13H25N2O/c1-12(15-8-10-16-11-9-15)5-6-13-4-3-7-14(13)2/h12-13H,1,3-11H2,2H3. The van der Waals surface area contributed by atoms with Crippen molar-refractivity contribution in [3.63, 3.8) is 0 Å². The van der Waals surface area contributed by atoms with Crippen LogP contribution in [0.1, 0.15) is 25.7 Å². The number of nitrogens with zero attached hydrogens (tertiary/aromatic N) is 2. The second kappa shape index (κ2) is 5.99. The lowest BCUT2D eigenvalue weighted by atomic mass is 10.0. The van der Waals surface area contributed by atoms with E-state index >= 15 is 0 Å². The maximum absolute atomic E-state index is 5.37. The Morgan fingerprint density at radius 1 is 1.31 bits per heavy atom. The molecule has 2 fully saturated rings. The van der Waals surface area contributed by atoms with E-state index in [1.54, 1.807) is 0 Å². The van der Waals surface area contributed by atoms with Gasteiger partial charge in [-0.15, -0.1) is 0 Å². The zero-order chi connectivity index (χ0) is 11.4. The molecule has 2 rings (SSSR count). The van der Waals surface area contributed by atoms with Crippen LogP contribution in [0.2, 0.25) is 0 Å². The van der Waals surface area contributed by atoms with Crippen LogP contribution in [0.25, 0.3) is 0 Å². The molecule has 2 unspecified atom stereocenters. The molecule has 0 aromatic rings. The van der Waals surface area contributed by atoms with Gasteiger partial charge in [0, 0.05) is 25.2 Å². The molecule has 1 radical (unpaired) electrons. The molecule has 16 heavy (non-hydrogen) atoms. The number of hydrogen-bond acceptors (Lipinski definition) is 3. The highest BCUT2D eigenvalue weighted by Gasteiger charge is 2.23. The third-order valence-electron chi connectivity index (χ3n) is 4.07. The third-order valence-corrected chi connectivity index (χ3v) is 4.07. The van der Waals surface area contributed by atoms with Crippen molar-refractivity contribution >= 4 is 0 Å². The van der Waals surface area contributed by atoms with Crippen molar-refractivity contribution in [2.45, 2.75) is 37.8 Å². The monoisotopic (exact) mass is 225 g/mol. The van der Waals surface area contributed by atoms with Crippen LogP contribution < -0.4 is 0 Å². The van der Waals surface area contributed by atoms with Crippen LogP contribution in [0.4, 0.5) is 0 Å². The zero-order valence-corrected chi connectivity index (χ0v) is 10.5. The lowest BCUT2D eigenvalue weighted by Gasteiger charge is -2.33. The summed E-state index contributed by atoms with van der Waals surface area (Å²) >= 11 is 0. The zero-order valence-electron chi connectivity index (χ0n) is 10.5. The second-order valence-corrected chi connectivity index (χ2v) is 5.16. The number of rotatable bonds is 4. The molecule has 0 saturated carbocycles. The van der Waals surface area contributed by atoms with E-state index in [0.717, 1.165) is 32.3 Å². The maximum atomic E-state index is 5.37. The molecule has 0 aliphatic carbocycles. The minimum Gasteiger partial charge on any atom is -0.379 e. The van der Waals surface area contributed by atoms with Crippen LogP contribution in [-0.4, -0.2) is 61.8 Å². The van der Waals surface area contributed by atoms with Gasteiger partial charge in [-0.1, -0.05) is 0 Å². The highest BCUT2D eigenvalue weighted by atomic mass is 16.5. The van der Waals surface area contributed by atoms with Crippen molar-refractivity contribution in [2.24, 2.45) is 0 Å². The van der Waals surface area contributed by atoms with Crippen LogP contribution in [-0.2, 0) is 4.74 Å². The summed E-state index contributed by atoms with van der Waals surface area (Å²) in [5, 5.41) is 0. The average Bonchev–Trinajstić information content (AvgIpc) is 2.73. The smallest absolute Gasteiger partial charge is 0.0594 e. The fourth-order valence-corrected chi connectivity index (χ4v) is 2.85. The fraction of sp³-hybridized carbons (Fsp3) is 0.923. The summed E-state index contributed by atoms with van der Waals surface area (Å²) in [7, 11) is 2.25. The van der Waals surface area contributed by atoms with Gasteiger partial charge in [0.2, 0.25) is 0 Å². The molecule has 3 heteroatoms. The molecular formula is C13H25N2O. The minimum absolute atomic E-state index is 0.484. The van der Waals surface area contributed by atoms with Gasteiger partial charge in [-0.25, -0.2) is 0 Å². The molecule has 0 bridgehead atoms. The molecule has 93 valence electrons. The molecule has 3 nitrogen and oxygen atoms in total. The van der Waals surface area contributed by atoms with E-state index in [0.29, 0.717) is 6.04 Å². The van der Waals surface area contributed by atoms with Crippen LogP contribution in [0.5, 0.6) is 0 Å². The third kappa shape index (κ3) is 3.19. The van der Waals surface area contributed by atoms with Crippen LogP contribution >= 0.6 is 0 Å². The summed E-state index contributed by atoms with van der Waals surface area (Å²) in [5.41, 5.74) is 0. The van der Waals surface area contributed by atoms with Gasteiger partial charge < -0.3 is 9.64 Å². The largest absolute Gasteiger partial charge is 0.379 e. The fourth-order valence-electron chi connectivity index (χ4n) is 2.85. The Morgan fingerprint density at radius 2 is 2.06 bits per heavy atom. The predicted octanol–water partition coefficient (Wildman–Crippen LogP) is 1.40. The first-order chi connectivity index (χ1) is 7.77. The van der Waals surface area contributed by atoms with Gasteiger partial charge in [0.25, 0.3) is 0 Å². The first kappa shape index (κ1) is 12.3. The number of hydrogen-bond donors (Lipinski definition) is 0. The van der Waals surface area contributed by atoms with Gasteiger partial charge in [0.05, 0.1) is 13.2 Å². The summed E-state index contributed by atoms with van der Waals surface area (Å²) in [6.45, 7) is 9.48. The van der Waals surface area contributed by atoms with Crippen LogP contribution in [0.15, 0.2) is 0 Å². The highest BCUT2D eigenvalue weighted by molar-refractivity contribution is 4.81. The van der Waals surface area contributed by atoms with E-state index in [4.69, 9.17) is 4.74 Å². The Labute approximate surface area is 99.7 Å². The highest BCUT2D eigenvalue weighted by Crippen LogP contribution is 2.21. The Bertz CT molecular complexity index is 204. The number of likely N-dealkylation sites (tertiary alicyclic amines) is 1. The van der Waals surface area contributed by atoms with Crippen LogP contribution in [0.3, 0.4) is 0 Å². The van der Waals surface area contributed by atoms with E-state index in [2.05, 4.69) is 23.8 Å². The van der Waals surface area contributed by atoms with Gasteiger partial charge in [-0.05, 0) is 46.2 Å². The lowest BCUT2D eigenvalue weighted by Crippen LogP contribution is -2.42. The lowest BCUT2D eigenvalue weighted by molar-refractivity contribution is 0.0224. The molecule has 2 aliphatic heterocycles. The van der Waals surface area contributed by atoms with Crippen molar-refractivity contribution in [2.75, 3.05) is 39.9 Å². The van der Waals surface area contributed by atoms with E-state index in [1.165, 1.54) is 32.2 Å². The van der Waals surface area contributed by atoms with Crippen molar-refractivity contribution < 1.29 is 4.74 Å². The van der Waals surface area contributed by atoms with Gasteiger partial charge in [0.15, 0.2) is 0 Å². The normalized spacial score (nSPS) is 30.8. The SMILES string of the molecule is [CH2]C(CCC1CCCN1C)N1CCOCC1. The first-order valence-electron chi connectivity index (χ1n) is 6.62. The Morgan fingerprint density at radius 3 is 2.69 bits per heavy atom. The molecule has 0 amide bonds. The molecule has 0 spiro atoms. The van der Waals surface area contributed by atoms with Gasteiger partial charge >= 0.3 is 0 Å². The van der Waals surface area contributed by atoms with Crippen LogP contribution in [0, 0.1) is 6.92 Å². The Kier molecular flexibility index (Phi) is 4.62. The Balaban J connectivity index is 1.68. The summed E-state index contributed by atoms with van der Waals surface area (Å²) < 4.78 is 5.37.